The lowest BCUT2D eigenvalue weighted by Gasteiger charge is -2.19. The molecule has 1 aromatic heterocycles. The van der Waals surface area contributed by atoms with Crippen LogP contribution in [0.2, 0.25) is 10.0 Å². The molecule has 1 saturated carbocycles. The number of aliphatic hydroxyl groups is 1. The zero-order valence-corrected chi connectivity index (χ0v) is 16.3. The molecule has 0 spiro atoms. The maximum absolute atomic E-state index is 12.7. The van der Waals surface area contributed by atoms with E-state index in [0.29, 0.717) is 15.9 Å². The summed E-state index contributed by atoms with van der Waals surface area (Å²) in [4.78, 5) is 0. The van der Waals surface area contributed by atoms with Crippen molar-refractivity contribution in [3.05, 3.63) is 57.0 Å². The predicted molar refractivity (Wildman–Crippen MR) is 100 cm³/mol. The summed E-state index contributed by atoms with van der Waals surface area (Å²) in [5, 5.41) is 22.2. The van der Waals surface area contributed by atoms with E-state index in [9.17, 15) is 19.1 Å². The van der Waals surface area contributed by atoms with E-state index in [1.165, 1.54) is 18.2 Å². The van der Waals surface area contributed by atoms with Gasteiger partial charge < -0.3 is 19.8 Å². The third-order valence-electron chi connectivity index (χ3n) is 4.62. The average molecular weight is 434 g/mol. The third kappa shape index (κ3) is 5.16. The van der Waals surface area contributed by atoms with Gasteiger partial charge in [-0.25, -0.2) is 0 Å². The number of rotatable bonds is 7. The Bertz CT molecular complexity index is 809. The van der Waals surface area contributed by atoms with Crippen LogP contribution in [0.3, 0.4) is 0 Å². The van der Waals surface area contributed by atoms with Crippen molar-refractivity contribution >= 4 is 23.2 Å². The minimum atomic E-state index is -2.98. The summed E-state index contributed by atoms with van der Waals surface area (Å²) in [6.45, 7) is -2.98. The van der Waals surface area contributed by atoms with Crippen molar-refractivity contribution in [2.45, 2.75) is 50.9 Å². The fourth-order valence-corrected chi connectivity index (χ4v) is 3.84. The predicted octanol–water partition coefficient (Wildman–Crippen LogP) is 4.83. The van der Waals surface area contributed by atoms with Crippen molar-refractivity contribution in [1.29, 1.82) is 0 Å². The molecule has 1 aliphatic rings. The van der Waals surface area contributed by atoms with Gasteiger partial charge in [0.25, 0.3) is 0 Å². The van der Waals surface area contributed by atoms with Gasteiger partial charge in [0.1, 0.15) is 10.0 Å². The Balaban J connectivity index is 1.84. The second-order valence-electron chi connectivity index (χ2n) is 6.62. The van der Waals surface area contributed by atoms with E-state index in [-0.39, 0.29) is 34.1 Å². The van der Waals surface area contributed by atoms with Gasteiger partial charge in [-0.05, 0) is 43.4 Å². The van der Waals surface area contributed by atoms with E-state index in [2.05, 4.69) is 4.74 Å². The molecular formula is C19H19Cl2F2NO4. The molecule has 1 fully saturated rings. The Morgan fingerprint density at radius 1 is 1.14 bits per heavy atom. The van der Waals surface area contributed by atoms with Crippen LogP contribution in [0.4, 0.5) is 8.78 Å². The van der Waals surface area contributed by atoms with Gasteiger partial charge in [-0.15, -0.1) is 0 Å². The normalized spacial score (nSPS) is 15.8. The van der Waals surface area contributed by atoms with Gasteiger partial charge in [0, 0.05) is 12.0 Å². The van der Waals surface area contributed by atoms with Crippen molar-refractivity contribution in [3.8, 4) is 11.5 Å². The summed E-state index contributed by atoms with van der Waals surface area (Å²) in [7, 11) is 0. The van der Waals surface area contributed by atoms with Gasteiger partial charge in [-0.1, -0.05) is 29.3 Å². The van der Waals surface area contributed by atoms with Crippen LogP contribution in [-0.2, 0) is 6.42 Å². The van der Waals surface area contributed by atoms with E-state index in [1.807, 2.05) is 0 Å². The Kier molecular flexibility index (Phi) is 6.80. The number of hydrogen-bond acceptors (Lipinski definition) is 4. The lowest BCUT2D eigenvalue weighted by Crippen LogP contribution is -2.25. The topological polar surface area (TPSA) is 65.6 Å². The second-order valence-corrected chi connectivity index (χ2v) is 7.44. The maximum atomic E-state index is 12.7. The number of benzene rings is 1. The fraction of sp³-hybridized carbons (Fsp3) is 0.421. The molecule has 9 heteroatoms. The van der Waals surface area contributed by atoms with Gasteiger partial charge in [0.2, 0.25) is 0 Å². The highest BCUT2D eigenvalue weighted by Crippen LogP contribution is 2.36. The molecule has 28 heavy (non-hydrogen) atoms. The summed E-state index contributed by atoms with van der Waals surface area (Å²) in [6, 6.07) is 4.30. The molecule has 0 unspecified atom stereocenters. The summed E-state index contributed by atoms with van der Waals surface area (Å²) >= 11 is 12.1. The highest BCUT2D eigenvalue weighted by Gasteiger charge is 2.22. The minimum absolute atomic E-state index is 0.0381. The largest absolute Gasteiger partial charge is 0.619 e. The quantitative estimate of drug-likeness (QED) is 0.501. The second kappa shape index (κ2) is 9.11. The molecule has 0 aliphatic heterocycles. The molecule has 5 nitrogen and oxygen atoms in total. The fourth-order valence-electron chi connectivity index (χ4n) is 3.24. The van der Waals surface area contributed by atoms with Crippen molar-refractivity contribution in [1.82, 2.24) is 0 Å². The standard InChI is InChI=1S/C19H19Cl2F2NO4/c20-14-9-24(26)10-15(21)13(14)8-16(25)11-5-6-17(28-19(22)23)18(7-11)27-12-3-1-2-4-12/h5-7,9-10,12,16,19,25H,1-4,8H2/t16-/m0/s1. The zero-order valence-electron chi connectivity index (χ0n) is 14.8. The highest BCUT2D eigenvalue weighted by atomic mass is 35.5. The molecule has 0 saturated heterocycles. The van der Waals surface area contributed by atoms with Gasteiger partial charge >= 0.3 is 6.61 Å². The molecule has 0 radical (unpaired) electrons. The van der Waals surface area contributed by atoms with E-state index in [4.69, 9.17) is 27.9 Å². The number of nitrogens with zero attached hydrogens (tertiary/aromatic N) is 1. The van der Waals surface area contributed by atoms with Gasteiger partial charge in [-0.3, -0.25) is 0 Å². The van der Waals surface area contributed by atoms with Crippen LogP contribution >= 0.6 is 23.2 Å². The Hall–Kier alpha value is -1.83. The van der Waals surface area contributed by atoms with E-state index in [0.717, 1.165) is 38.1 Å². The van der Waals surface area contributed by atoms with Crippen LogP contribution in [0, 0.1) is 5.21 Å². The van der Waals surface area contributed by atoms with Gasteiger partial charge in [0.15, 0.2) is 23.9 Å². The number of aromatic nitrogens is 1. The van der Waals surface area contributed by atoms with Crippen LogP contribution in [0.5, 0.6) is 11.5 Å². The molecule has 2 aromatic rings. The number of halogens is 4. The molecule has 0 amide bonds. The van der Waals surface area contributed by atoms with Crippen LogP contribution < -0.4 is 14.2 Å². The van der Waals surface area contributed by atoms with Crippen LogP contribution in [0.25, 0.3) is 0 Å². The molecule has 1 N–H and O–H groups in total. The Morgan fingerprint density at radius 3 is 2.39 bits per heavy atom. The third-order valence-corrected chi connectivity index (χ3v) is 5.27. The van der Waals surface area contributed by atoms with Gasteiger partial charge in [0.05, 0.1) is 12.2 Å². The number of hydrogen-bond donors (Lipinski definition) is 1. The Labute approximate surface area is 171 Å². The van der Waals surface area contributed by atoms with Crippen molar-refractivity contribution < 1.29 is 28.1 Å². The van der Waals surface area contributed by atoms with Crippen molar-refractivity contribution in [2.24, 2.45) is 0 Å². The van der Waals surface area contributed by atoms with E-state index in [1.54, 1.807) is 0 Å². The molecule has 152 valence electrons. The van der Waals surface area contributed by atoms with Crippen molar-refractivity contribution in [3.63, 3.8) is 0 Å². The summed E-state index contributed by atoms with van der Waals surface area (Å²) < 4.78 is 36.3. The molecule has 1 atom stereocenters. The first kappa shape index (κ1) is 20.9. The molecule has 3 rings (SSSR count). The molecule has 1 aromatic carbocycles. The maximum Gasteiger partial charge on any atom is 0.387 e. The first-order chi connectivity index (χ1) is 13.3. The first-order valence-electron chi connectivity index (χ1n) is 8.83. The SMILES string of the molecule is [O-][n+]1cc(Cl)c(C[C@H](O)c2ccc(OC(F)F)c(OC3CCCC3)c2)c(Cl)c1. The highest BCUT2D eigenvalue weighted by molar-refractivity contribution is 6.35. The first-order valence-corrected chi connectivity index (χ1v) is 9.59. The average Bonchev–Trinajstić information content (AvgIpc) is 3.12. The minimum Gasteiger partial charge on any atom is -0.619 e. The van der Waals surface area contributed by atoms with Crippen molar-refractivity contribution in [2.75, 3.05) is 0 Å². The molecule has 1 heterocycles. The van der Waals surface area contributed by atoms with Crippen LogP contribution in [-0.4, -0.2) is 17.8 Å². The number of pyridine rings is 1. The molecule has 1 aliphatic carbocycles. The summed E-state index contributed by atoms with van der Waals surface area (Å²) in [5.41, 5.74) is 0.842. The Morgan fingerprint density at radius 2 is 1.79 bits per heavy atom. The van der Waals surface area contributed by atoms with E-state index >= 15 is 0 Å². The lowest BCUT2D eigenvalue weighted by atomic mass is 10.0. The number of aliphatic hydroxyl groups excluding tert-OH is 1. The molecule has 0 bridgehead atoms. The molecular weight excluding hydrogens is 415 g/mol. The smallest absolute Gasteiger partial charge is 0.387 e. The number of ether oxygens (including phenoxy) is 2. The lowest BCUT2D eigenvalue weighted by molar-refractivity contribution is -0.605. The van der Waals surface area contributed by atoms with Gasteiger partial charge in [-0.2, -0.15) is 13.5 Å². The summed E-state index contributed by atoms with van der Waals surface area (Å²) in [5.74, 6) is 0.0763. The van der Waals surface area contributed by atoms with Crippen LogP contribution in [0.15, 0.2) is 30.6 Å². The number of alkyl halides is 2. The monoisotopic (exact) mass is 433 g/mol. The zero-order chi connectivity index (χ0) is 20.3. The summed E-state index contributed by atoms with van der Waals surface area (Å²) in [6.07, 6.45) is 4.92. The van der Waals surface area contributed by atoms with E-state index < -0.39 is 12.7 Å². The van der Waals surface area contributed by atoms with Crippen LogP contribution in [0.1, 0.15) is 42.9 Å².